The van der Waals surface area contributed by atoms with Gasteiger partial charge in [-0.3, -0.25) is 0 Å². The molecule has 0 bridgehead atoms. The number of fused-ring (bicyclic) bond motifs is 3. The van der Waals surface area contributed by atoms with Crippen LogP contribution in [0.25, 0.3) is 72.4 Å². The molecule has 0 amide bonds. The Morgan fingerprint density at radius 2 is 0.930 bits per heavy atom. The van der Waals surface area contributed by atoms with Gasteiger partial charge in [0.1, 0.15) is 0 Å². The minimum Gasteiger partial charge on any atom is -0.309 e. The van der Waals surface area contributed by atoms with Crippen molar-refractivity contribution in [3.05, 3.63) is 164 Å². The van der Waals surface area contributed by atoms with Crippen molar-refractivity contribution < 1.29 is 0 Å². The van der Waals surface area contributed by atoms with Crippen LogP contribution in [-0.2, 0) is 0 Å². The lowest BCUT2D eigenvalue weighted by Crippen LogP contribution is -1.95. The number of nitrogens with zero attached hydrogens (tertiary/aromatic N) is 3. The zero-order valence-corrected chi connectivity index (χ0v) is 23.4. The van der Waals surface area contributed by atoms with E-state index in [1.165, 1.54) is 38.5 Å². The number of rotatable bonds is 5. The Bertz CT molecular complexity index is 2160. The second kappa shape index (κ2) is 10.6. The molecule has 2 heterocycles. The lowest BCUT2D eigenvalue weighted by atomic mass is 9.98. The first-order valence-electron chi connectivity index (χ1n) is 14.5. The van der Waals surface area contributed by atoms with Gasteiger partial charge in [-0.25, -0.2) is 9.97 Å². The van der Waals surface area contributed by atoms with E-state index in [1.807, 2.05) is 18.3 Å². The van der Waals surface area contributed by atoms with Crippen molar-refractivity contribution in [2.45, 2.75) is 0 Å². The minimum atomic E-state index is 0.712. The topological polar surface area (TPSA) is 30.7 Å². The van der Waals surface area contributed by atoms with Crippen molar-refractivity contribution in [3.63, 3.8) is 0 Å². The Morgan fingerprint density at radius 1 is 0.395 bits per heavy atom. The summed E-state index contributed by atoms with van der Waals surface area (Å²) in [4.78, 5) is 9.60. The predicted molar refractivity (Wildman–Crippen MR) is 178 cm³/mol. The predicted octanol–water partition coefficient (Wildman–Crippen LogP) is 10.2. The molecule has 0 unspecified atom stereocenters. The third kappa shape index (κ3) is 4.58. The summed E-state index contributed by atoms with van der Waals surface area (Å²) >= 11 is 0. The molecular formula is C40H27N3. The Hall–Kier alpha value is -5.80. The molecule has 0 N–H and O–H groups in total. The normalized spacial score (nSPS) is 11.3. The Kier molecular flexibility index (Phi) is 6.12. The largest absolute Gasteiger partial charge is 0.309 e. The lowest BCUT2D eigenvalue weighted by Gasteiger charge is -2.10. The molecule has 0 fully saturated rings. The van der Waals surface area contributed by atoms with Crippen LogP contribution in [0.5, 0.6) is 0 Å². The number of hydrogen-bond donors (Lipinski definition) is 0. The molecule has 0 radical (unpaired) electrons. The molecule has 43 heavy (non-hydrogen) atoms. The van der Waals surface area contributed by atoms with E-state index in [9.17, 15) is 0 Å². The van der Waals surface area contributed by atoms with E-state index in [0.29, 0.717) is 5.82 Å². The van der Waals surface area contributed by atoms with Gasteiger partial charge in [-0.1, -0.05) is 109 Å². The summed E-state index contributed by atoms with van der Waals surface area (Å²) in [7, 11) is 0. The molecular weight excluding hydrogens is 522 g/mol. The molecule has 0 saturated carbocycles. The summed E-state index contributed by atoms with van der Waals surface area (Å²) in [5, 5.41) is 2.51. The van der Waals surface area contributed by atoms with Gasteiger partial charge in [0, 0.05) is 33.8 Å². The number of aromatic nitrogens is 3. The molecule has 0 saturated heterocycles. The molecule has 0 spiro atoms. The maximum atomic E-state index is 4.98. The number of hydrogen-bond acceptors (Lipinski definition) is 2. The highest BCUT2D eigenvalue weighted by molar-refractivity contribution is 6.09. The Balaban J connectivity index is 1.10. The van der Waals surface area contributed by atoms with E-state index in [1.54, 1.807) is 0 Å². The maximum absolute atomic E-state index is 4.98. The highest BCUT2D eigenvalue weighted by Crippen LogP contribution is 2.33. The maximum Gasteiger partial charge on any atom is 0.159 e. The summed E-state index contributed by atoms with van der Waals surface area (Å²) in [6.45, 7) is 0. The first kappa shape index (κ1) is 25.0. The molecule has 8 aromatic rings. The minimum absolute atomic E-state index is 0.712. The van der Waals surface area contributed by atoms with E-state index in [2.05, 4.69) is 155 Å². The van der Waals surface area contributed by atoms with E-state index in [-0.39, 0.29) is 0 Å². The highest BCUT2D eigenvalue weighted by Gasteiger charge is 2.12. The first-order chi connectivity index (χ1) is 21.3. The van der Waals surface area contributed by atoms with Gasteiger partial charge in [-0.15, -0.1) is 0 Å². The van der Waals surface area contributed by atoms with E-state index in [0.717, 1.165) is 28.1 Å². The van der Waals surface area contributed by atoms with Crippen molar-refractivity contribution in [3.8, 4) is 50.6 Å². The molecule has 6 aromatic carbocycles. The van der Waals surface area contributed by atoms with Gasteiger partial charge in [-0.2, -0.15) is 0 Å². The third-order valence-electron chi connectivity index (χ3n) is 8.10. The Morgan fingerprint density at radius 3 is 1.63 bits per heavy atom. The van der Waals surface area contributed by atoms with Crippen molar-refractivity contribution in [2.24, 2.45) is 0 Å². The van der Waals surface area contributed by atoms with Gasteiger partial charge in [0.15, 0.2) is 5.82 Å². The van der Waals surface area contributed by atoms with Crippen LogP contribution >= 0.6 is 0 Å². The fourth-order valence-electron chi connectivity index (χ4n) is 5.96. The van der Waals surface area contributed by atoms with Crippen LogP contribution in [0.15, 0.2) is 164 Å². The molecule has 0 aliphatic rings. The number of benzene rings is 6. The van der Waals surface area contributed by atoms with Crippen LogP contribution in [0.1, 0.15) is 0 Å². The highest BCUT2D eigenvalue weighted by atomic mass is 15.0. The molecule has 0 aliphatic carbocycles. The standard InChI is InChI=1S/C40H27N3/c1-2-9-28(10-3-1)29-17-19-30(20-18-29)32-11-8-12-33(27-32)37-25-26-41-40(42-37)31-21-23-34(24-22-31)43-38-15-6-4-13-35(38)36-14-5-7-16-39(36)43/h1-27H. The second-order valence-electron chi connectivity index (χ2n) is 10.7. The Labute approximate surface area is 250 Å². The van der Waals surface area contributed by atoms with Crippen LogP contribution in [-0.4, -0.2) is 14.5 Å². The van der Waals surface area contributed by atoms with Crippen LogP contribution in [0, 0.1) is 0 Å². The summed E-state index contributed by atoms with van der Waals surface area (Å²) in [6.07, 6.45) is 1.85. The monoisotopic (exact) mass is 549 g/mol. The molecule has 3 nitrogen and oxygen atoms in total. The van der Waals surface area contributed by atoms with E-state index in [4.69, 9.17) is 4.98 Å². The fraction of sp³-hybridized carbons (Fsp3) is 0. The van der Waals surface area contributed by atoms with E-state index >= 15 is 0 Å². The third-order valence-corrected chi connectivity index (χ3v) is 8.10. The second-order valence-corrected chi connectivity index (χ2v) is 10.7. The van der Waals surface area contributed by atoms with Crippen molar-refractivity contribution in [1.82, 2.24) is 14.5 Å². The van der Waals surface area contributed by atoms with Gasteiger partial charge in [0.25, 0.3) is 0 Å². The number of para-hydroxylation sites is 2. The van der Waals surface area contributed by atoms with Gasteiger partial charge in [-0.05, 0) is 70.8 Å². The summed E-state index contributed by atoms with van der Waals surface area (Å²) in [6, 6.07) is 55.4. The zero-order valence-electron chi connectivity index (χ0n) is 23.4. The van der Waals surface area contributed by atoms with Crippen molar-refractivity contribution in [1.29, 1.82) is 0 Å². The van der Waals surface area contributed by atoms with Crippen molar-refractivity contribution in [2.75, 3.05) is 0 Å². The van der Waals surface area contributed by atoms with Gasteiger partial charge in [0.05, 0.1) is 16.7 Å². The van der Waals surface area contributed by atoms with E-state index < -0.39 is 0 Å². The van der Waals surface area contributed by atoms with Gasteiger partial charge < -0.3 is 4.57 Å². The molecule has 3 heteroatoms. The molecule has 202 valence electrons. The molecule has 0 aliphatic heterocycles. The molecule has 0 atom stereocenters. The van der Waals surface area contributed by atoms with Crippen LogP contribution in [0.3, 0.4) is 0 Å². The SMILES string of the molecule is c1ccc(-c2ccc(-c3cccc(-c4ccnc(-c5ccc(-n6c7ccccc7c7ccccc76)cc5)n4)c3)cc2)cc1. The quantitative estimate of drug-likeness (QED) is 0.214. The van der Waals surface area contributed by atoms with Crippen LogP contribution in [0.4, 0.5) is 0 Å². The first-order valence-corrected chi connectivity index (χ1v) is 14.5. The smallest absolute Gasteiger partial charge is 0.159 e. The lowest BCUT2D eigenvalue weighted by molar-refractivity contribution is 1.16. The van der Waals surface area contributed by atoms with Crippen LogP contribution < -0.4 is 0 Å². The summed E-state index contributed by atoms with van der Waals surface area (Å²) < 4.78 is 2.32. The van der Waals surface area contributed by atoms with Crippen LogP contribution in [0.2, 0.25) is 0 Å². The van der Waals surface area contributed by atoms with Gasteiger partial charge in [0.2, 0.25) is 0 Å². The van der Waals surface area contributed by atoms with Crippen molar-refractivity contribution >= 4 is 21.8 Å². The average Bonchev–Trinajstić information content (AvgIpc) is 3.43. The molecule has 2 aromatic heterocycles. The van der Waals surface area contributed by atoms with Gasteiger partial charge >= 0.3 is 0 Å². The average molecular weight is 550 g/mol. The summed E-state index contributed by atoms with van der Waals surface area (Å²) in [5.74, 6) is 0.712. The fourth-order valence-corrected chi connectivity index (χ4v) is 5.96. The molecule has 8 rings (SSSR count). The zero-order chi connectivity index (χ0) is 28.6. The summed E-state index contributed by atoms with van der Waals surface area (Å²) in [5.41, 5.74) is 11.2.